The molecule has 0 aromatic heterocycles. The zero-order valence-corrected chi connectivity index (χ0v) is 13.6. The van der Waals surface area contributed by atoms with Crippen molar-refractivity contribution in [3.05, 3.63) is 29.8 Å². The minimum atomic E-state index is -3.21. The van der Waals surface area contributed by atoms with Crippen LogP contribution in [0.4, 0.5) is 0 Å². The molecule has 114 valence electrons. The van der Waals surface area contributed by atoms with Gasteiger partial charge in [0.15, 0.2) is 0 Å². The number of benzene rings is 1. The van der Waals surface area contributed by atoms with Gasteiger partial charge in [0.25, 0.3) is 0 Å². The predicted molar refractivity (Wildman–Crippen MR) is 82.4 cm³/mol. The molecule has 0 heterocycles. The number of rotatable bonds is 7. The molecule has 0 atom stereocenters. The van der Waals surface area contributed by atoms with Gasteiger partial charge in [0.1, 0.15) is 11.4 Å². The minimum Gasteiger partial charge on any atom is -0.488 e. The molecule has 0 fully saturated rings. The number of sulfonamides is 1. The van der Waals surface area contributed by atoms with Crippen molar-refractivity contribution in [2.24, 2.45) is 0 Å². The van der Waals surface area contributed by atoms with Crippen molar-refractivity contribution in [2.75, 3.05) is 5.75 Å². The van der Waals surface area contributed by atoms with Crippen LogP contribution in [0.3, 0.4) is 0 Å². The molecular weight excluding hydrogens is 274 g/mol. The molecular formula is C15H25NO3S. The highest BCUT2D eigenvalue weighted by Gasteiger charge is 2.15. The van der Waals surface area contributed by atoms with Crippen molar-refractivity contribution in [1.82, 2.24) is 4.72 Å². The van der Waals surface area contributed by atoms with Crippen LogP contribution in [0.5, 0.6) is 5.75 Å². The van der Waals surface area contributed by atoms with E-state index >= 15 is 0 Å². The molecule has 0 saturated carbocycles. The number of unbranched alkanes of at least 4 members (excludes halogenated alkanes) is 1. The number of ether oxygens (including phenoxy) is 1. The van der Waals surface area contributed by atoms with Gasteiger partial charge in [-0.05, 0) is 33.3 Å². The van der Waals surface area contributed by atoms with Crippen LogP contribution in [-0.2, 0) is 16.6 Å². The van der Waals surface area contributed by atoms with Gasteiger partial charge in [0.05, 0.1) is 5.75 Å². The molecule has 4 nitrogen and oxygen atoms in total. The van der Waals surface area contributed by atoms with Gasteiger partial charge in [-0.2, -0.15) is 0 Å². The summed E-state index contributed by atoms with van der Waals surface area (Å²) in [6.07, 6.45) is 1.54. The Morgan fingerprint density at radius 1 is 1.20 bits per heavy atom. The van der Waals surface area contributed by atoms with Gasteiger partial charge in [-0.1, -0.05) is 31.5 Å². The standard InChI is InChI=1S/C15H25NO3S/c1-5-6-11-20(17,18)16-12-13-9-7-8-10-14(13)19-15(2,3)4/h7-10,16H,5-6,11-12H2,1-4H3. The Morgan fingerprint density at radius 3 is 2.45 bits per heavy atom. The first-order chi connectivity index (χ1) is 9.23. The largest absolute Gasteiger partial charge is 0.488 e. The first kappa shape index (κ1) is 17.0. The van der Waals surface area contributed by atoms with E-state index in [1.54, 1.807) is 0 Å². The molecule has 0 aliphatic carbocycles. The summed E-state index contributed by atoms with van der Waals surface area (Å²) in [5.74, 6) is 0.893. The molecule has 0 radical (unpaired) electrons. The quantitative estimate of drug-likeness (QED) is 0.841. The van der Waals surface area contributed by atoms with E-state index in [9.17, 15) is 8.42 Å². The zero-order valence-electron chi connectivity index (χ0n) is 12.8. The van der Waals surface area contributed by atoms with Crippen LogP contribution in [0.1, 0.15) is 46.1 Å². The van der Waals surface area contributed by atoms with E-state index in [4.69, 9.17) is 4.74 Å². The molecule has 0 unspecified atom stereocenters. The maximum absolute atomic E-state index is 11.8. The summed E-state index contributed by atoms with van der Waals surface area (Å²) >= 11 is 0. The molecule has 0 amide bonds. The maximum Gasteiger partial charge on any atom is 0.211 e. The summed E-state index contributed by atoms with van der Waals surface area (Å²) in [7, 11) is -3.21. The Hall–Kier alpha value is -1.07. The minimum absolute atomic E-state index is 0.172. The van der Waals surface area contributed by atoms with Crippen LogP contribution in [0.25, 0.3) is 0 Å². The number of para-hydroxylation sites is 1. The fraction of sp³-hybridized carbons (Fsp3) is 0.600. The fourth-order valence-electron chi connectivity index (χ4n) is 1.67. The highest BCUT2D eigenvalue weighted by molar-refractivity contribution is 7.89. The molecule has 5 heteroatoms. The zero-order chi connectivity index (χ0) is 15.2. The van der Waals surface area contributed by atoms with Crippen LogP contribution in [0.15, 0.2) is 24.3 Å². The Bertz CT molecular complexity index is 518. The first-order valence-corrected chi connectivity index (χ1v) is 8.63. The molecule has 0 aliphatic rings. The number of nitrogens with one attached hydrogen (secondary N) is 1. The molecule has 1 rings (SSSR count). The molecule has 0 saturated heterocycles. The number of hydrogen-bond donors (Lipinski definition) is 1. The van der Waals surface area contributed by atoms with Crippen LogP contribution in [-0.4, -0.2) is 19.8 Å². The van der Waals surface area contributed by atoms with Gasteiger partial charge in [0.2, 0.25) is 10.0 Å². The molecule has 0 aliphatic heterocycles. The van der Waals surface area contributed by atoms with Gasteiger partial charge < -0.3 is 4.74 Å². The third-order valence-electron chi connectivity index (χ3n) is 2.64. The van der Waals surface area contributed by atoms with E-state index in [1.165, 1.54) is 0 Å². The van der Waals surface area contributed by atoms with E-state index in [1.807, 2.05) is 52.0 Å². The van der Waals surface area contributed by atoms with Gasteiger partial charge in [-0.15, -0.1) is 0 Å². The smallest absolute Gasteiger partial charge is 0.211 e. The first-order valence-electron chi connectivity index (χ1n) is 6.98. The highest BCUT2D eigenvalue weighted by atomic mass is 32.2. The van der Waals surface area contributed by atoms with Crippen molar-refractivity contribution in [3.8, 4) is 5.75 Å². The topological polar surface area (TPSA) is 55.4 Å². The van der Waals surface area contributed by atoms with Crippen molar-refractivity contribution >= 4 is 10.0 Å². The normalized spacial score (nSPS) is 12.4. The summed E-state index contributed by atoms with van der Waals surface area (Å²) in [6.45, 7) is 8.14. The molecule has 20 heavy (non-hydrogen) atoms. The maximum atomic E-state index is 11.8. The number of hydrogen-bond acceptors (Lipinski definition) is 3. The fourth-order valence-corrected chi connectivity index (χ4v) is 2.86. The summed E-state index contributed by atoms with van der Waals surface area (Å²) in [5, 5.41) is 0. The third kappa shape index (κ3) is 6.39. The van der Waals surface area contributed by atoms with Gasteiger partial charge in [0, 0.05) is 12.1 Å². The SMILES string of the molecule is CCCCS(=O)(=O)NCc1ccccc1OC(C)(C)C. The average molecular weight is 299 g/mol. The second kappa shape index (κ2) is 7.09. The van der Waals surface area contributed by atoms with Crippen LogP contribution < -0.4 is 9.46 Å². The van der Waals surface area contributed by atoms with E-state index in [0.29, 0.717) is 6.42 Å². The second-order valence-electron chi connectivity index (χ2n) is 5.82. The van der Waals surface area contributed by atoms with Crippen molar-refractivity contribution in [3.63, 3.8) is 0 Å². The lowest BCUT2D eigenvalue weighted by Gasteiger charge is -2.23. The highest BCUT2D eigenvalue weighted by Crippen LogP contribution is 2.23. The van der Waals surface area contributed by atoms with Gasteiger partial charge in [-0.25, -0.2) is 13.1 Å². The van der Waals surface area contributed by atoms with Crippen molar-refractivity contribution < 1.29 is 13.2 Å². The summed E-state index contributed by atoms with van der Waals surface area (Å²) in [6, 6.07) is 7.51. The lowest BCUT2D eigenvalue weighted by atomic mass is 10.1. The predicted octanol–water partition coefficient (Wildman–Crippen LogP) is 3.08. The Balaban J connectivity index is 2.73. The van der Waals surface area contributed by atoms with E-state index in [0.717, 1.165) is 17.7 Å². The van der Waals surface area contributed by atoms with E-state index in [-0.39, 0.29) is 17.9 Å². The molecule has 0 spiro atoms. The Kier molecular flexibility index (Phi) is 6.02. The van der Waals surface area contributed by atoms with Gasteiger partial charge >= 0.3 is 0 Å². The molecule has 1 aromatic rings. The van der Waals surface area contributed by atoms with Crippen LogP contribution in [0.2, 0.25) is 0 Å². The molecule has 1 aromatic carbocycles. The third-order valence-corrected chi connectivity index (χ3v) is 4.05. The Morgan fingerprint density at radius 2 is 1.85 bits per heavy atom. The van der Waals surface area contributed by atoms with Crippen molar-refractivity contribution in [2.45, 2.75) is 52.7 Å². The van der Waals surface area contributed by atoms with Crippen LogP contribution >= 0.6 is 0 Å². The van der Waals surface area contributed by atoms with E-state index < -0.39 is 10.0 Å². The second-order valence-corrected chi connectivity index (χ2v) is 7.74. The Labute approximate surface area is 122 Å². The monoisotopic (exact) mass is 299 g/mol. The summed E-state index contributed by atoms with van der Waals surface area (Å²) < 4.78 is 32.1. The lowest BCUT2D eigenvalue weighted by Crippen LogP contribution is -2.27. The lowest BCUT2D eigenvalue weighted by molar-refractivity contribution is 0.129. The van der Waals surface area contributed by atoms with Gasteiger partial charge in [-0.3, -0.25) is 0 Å². The van der Waals surface area contributed by atoms with Crippen LogP contribution in [0, 0.1) is 0 Å². The van der Waals surface area contributed by atoms with Crippen molar-refractivity contribution in [1.29, 1.82) is 0 Å². The average Bonchev–Trinajstić information content (AvgIpc) is 2.34. The van der Waals surface area contributed by atoms with E-state index in [2.05, 4.69) is 4.72 Å². The molecule has 1 N–H and O–H groups in total. The summed E-state index contributed by atoms with van der Waals surface area (Å²) in [4.78, 5) is 0. The summed E-state index contributed by atoms with van der Waals surface area (Å²) in [5.41, 5.74) is 0.541. The molecule has 0 bridgehead atoms.